The average molecular weight is 413 g/mol. The fourth-order valence-electron chi connectivity index (χ4n) is 3.55. The van der Waals surface area contributed by atoms with Gasteiger partial charge in [-0.1, -0.05) is 12.1 Å². The number of nitrogens with zero attached hydrogens (tertiary/aromatic N) is 3. The number of ether oxygens (including phenoxy) is 2. The van der Waals surface area contributed by atoms with Gasteiger partial charge in [0.15, 0.2) is 17.5 Å². The third-order valence-electron chi connectivity index (χ3n) is 5.05. The summed E-state index contributed by atoms with van der Waals surface area (Å²) < 4.78 is 10.8. The van der Waals surface area contributed by atoms with Crippen LogP contribution < -0.4 is 20.1 Å². The third-order valence-corrected chi connectivity index (χ3v) is 5.05. The summed E-state index contributed by atoms with van der Waals surface area (Å²) in [6.07, 6.45) is 0.880. The normalized spacial score (nSPS) is 13.4. The van der Waals surface area contributed by atoms with Gasteiger partial charge < -0.3 is 25.0 Å². The largest absolute Gasteiger partial charge is 0.493 e. The highest BCUT2D eigenvalue weighted by Crippen LogP contribution is 2.33. The van der Waals surface area contributed by atoms with Crippen LogP contribution in [0.25, 0.3) is 0 Å². The Morgan fingerprint density at radius 3 is 2.53 bits per heavy atom. The molecule has 2 N–H and O–H groups in total. The molecule has 0 spiro atoms. The summed E-state index contributed by atoms with van der Waals surface area (Å²) >= 11 is 0. The first kappa shape index (κ1) is 21.2. The van der Waals surface area contributed by atoms with Crippen LogP contribution in [0.3, 0.4) is 0 Å². The van der Waals surface area contributed by atoms with Crippen LogP contribution in [0.15, 0.2) is 41.4 Å². The van der Waals surface area contributed by atoms with Crippen molar-refractivity contribution in [2.45, 2.75) is 13.0 Å². The molecule has 2 aromatic rings. The maximum atomic E-state index is 11.1. The van der Waals surface area contributed by atoms with E-state index < -0.39 is 0 Å². The molecule has 1 heterocycles. The highest BCUT2D eigenvalue weighted by Gasteiger charge is 2.21. The Balaban J connectivity index is 1.58. The second-order valence-corrected chi connectivity index (χ2v) is 6.82. The predicted octanol–water partition coefficient (Wildman–Crippen LogP) is 2.66. The number of guanidine groups is 1. The monoisotopic (exact) mass is 413 g/mol. The van der Waals surface area contributed by atoms with Gasteiger partial charge >= 0.3 is 0 Å². The zero-order valence-corrected chi connectivity index (χ0v) is 17.5. The number of para-hydroxylation sites is 2. The van der Waals surface area contributed by atoms with E-state index >= 15 is 0 Å². The molecule has 3 rings (SSSR count). The summed E-state index contributed by atoms with van der Waals surface area (Å²) in [5.41, 5.74) is 3.00. The minimum absolute atomic E-state index is 0.0684. The van der Waals surface area contributed by atoms with Gasteiger partial charge in [-0.05, 0) is 35.7 Å². The van der Waals surface area contributed by atoms with Gasteiger partial charge in [-0.2, -0.15) is 0 Å². The number of nitrogens with one attached hydrogen (secondary N) is 2. The first-order valence-electron chi connectivity index (χ1n) is 9.74. The number of nitro groups is 1. The van der Waals surface area contributed by atoms with Crippen LogP contribution in [0.2, 0.25) is 0 Å². The van der Waals surface area contributed by atoms with Crippen LogP contribution >= 0.6 is 0 Å². The van der Waals surface area contributed by atoms with Gasteiger partial charge in [0, 0.05) is 39.3 Å². The van der Waals surface area contributed by atoms with Crippen molar-refractivity contribution in [3.05, 3.63) is 57.6 Å². The Bertz CT molecular complexity index is 932. The second kappa shape index (κ2) is 9.82. The van der Waals surface area contributed by atoms with Gasteiger partial charge in [-0.15, -0.1) is 0 Å². The van der Waals surface area contributed by atoms with Crippen molar-refractivity contribution in [3.63, 3.8) is 0 Å². The maximum Gasteiger partial charge on any atom is 0.292 e. The van der Waals surface area contributed by atoms with Gasteiger partial charge in [0.1, 0.15) is 5.69 Å². The number of methoxy groups -OCH3 is 2. The lowest BCUT2D eigenvalue weighted by molar-refractivity contribution is -0.384. The standard InChI is InChI=1S/C21H27N5O4/c1-22-21(24-10-9-23-17-6-4-5-7-18(17)26(27)28)25-11-8-15-12-19(29-2)20(30-3)13-16(15)14-25/h4-7,12-13,23H,8-11,14H2,1-3H3,(H,22,24). The van der Waals surface area contributed by atoms with Gasteiger partial charge in [0.2, 0.25) is 0 Å². The Kier molecular flexibility index (Phi) is 6.95. The number of benzene rings is 2. The summed E-state index contributed by atoms with van der Waals surface area (Å²) in [4.78, 5) is 17.3. The molecule has 0 radical (unpaired) electrons. The zero-order chi connectivity index (χ0) is 21.5. The van der Waals surface area contributed by atoms with Crippen molar-refractivity contribution in [1.29, 1.82) is 0 Å². The first-order chi connectivity index (χ1) is 14.6. The summed E-state index contributed by atoms with van der Waals surface area (Å²) in [7, 11) is 5.03. The first-order valence-corrected chi connectivity index (χ1v) is 9.74. The van der Waals surface area contributed by atoms with E-state index in [1.165, 1.54) is 17.2 Å². The molecule has 9 heteroatoms. The minimum Gasteiger partial charge on any atom is -0.493 e. The topological polar surface area (TPSA) is 101 Å². The van der Waals surface area contributed by atoms with Gasteiger partial charge in [-0.3, -0.25) is 15.1 Å². The molecule has 0 saturated heterocycles. The molecule has 0 amide bonds. The van der Waals surface area contributed by atoms with Crippen LogP contribution in [-0.4, -0.2) is 56.7 Å². The van der Waals surface area contributed by atoms with Crippen LogP contribution in [0.5, 0.6) is 11.5 Å². The lowest BCUT2D eigenvalue weighted by atomic mass is 9.99. The molecule has 0 unspecified atom stereocenters. The van der Waals surface area contributed by atoms with Crippen molar-refractivity contribution >= 4 is 17.3 Å². The molecule has 0 fully saturated rings. The van der Waals surface area contributed by atoms with Crippen molar-refractivity contribution in [2.24, 2.45) is 4.99 Å². The average Bonchev–Trinajstić information content (AvgIpc) is 2.78. The summed E-state index contributed by atoms with van der Waals surface area (Å²) in [6, 6.07) is 10.7. The lowest BCUT2D eigenvalue weighted by Crippen LogP contribution is -2.45. The predicted molar refractivity (Wildman–Crippen MR) is 117 cm³/mol. The highest BCUT2D eigenvalue weighted by molar-refractivity contribution is 5.80. The van der Waals surface area contributed by atoms with E-state index in [2.05, 4.69) is 20.5 Å². The molecule has 2 aromatic carbocycles. The number of aliphatic imine (C=N–C) groups is 1. The smallest absolute Gasteiger partial charge is 0.292 e. The summed E-state index contributed by atoms with van der Waals surface area (Å²) in [6.45, 7) is 2.65. The molecule has 1 aliphatic rings. The molecular weight excluding hydrogens is 386 g/mol. The molecular formula is C21H27N5O4. The van der Waals surface area contributed by atoms with Crippen molar-refractivity contribution in [2.75, 3.05) is 46.2 Å². The molecule has 1 aliphatic heterocycles. The van der Waals surface area contributed by atoms with E-state index in [1.807, 2.05) is 12.1 Å². The number of rotatable bonds is 7. The Hall–Kier alpha value is -3.49. The maximum absolute atomic E-state index is 11.1. The molecule has 0 aromatic heterocycles. The number of fused-ring (bicyclic) bond motifs is 1. The number of nitro benzene ring substituents is 1. The van der Waals surface area contributed by atoms with Gasteiger partial charge in [0.05, 0.1) is 19.1 Å². The lowest BCUT2D eigenvalue weighted by Gasteiger charge is -2.32. The van der Waals surface area contributed by atoms with Crippen LogP contribution in [0.1, 0.15) is 11.1 Å². The molecule has 0 saturated carbocycles. The number of hydrogen-bond acceptors (Lipinski definition) is 6. The third kappa shape index (κ3) is 4.73. The molecule has 160 valence electrons. The van der Waals surface area contributed by atoms with Crippen molar-refractivity contribution in [1.82, 2.24) is 10.2 Å². The van der Waals surface area contributed by atoms with E-state index in [4.69, 9.17) is 9.47 Å². The fourth-order valence-corrected chi connectivity index (χ4v) is 3.55. The Morgan fingerprint density at radius 2 is 1.87 bits per heavy atom. The zero-order valence-electron chi connectivity index (χ0n) is 17.5. The van der Waals surface area contributed by atoms with Crippen LogP contribution in [0, 0.1) is 10.1 Å². The summed E-state index contributed by atoms with van der Waals surface area (Å²) in [5, 5.41) is 17.5. The number of hydrogen-bond donors (Lipinski definition) is 2. The molecule has 9 nitrogen and oxygen atoms in total. The molecule has 30 heavy (non-hydrogen) atoms. The quantitative estimate of drug-likeness (QED) is 0.237. The van der Waals surface area contributed by atoms with Crippen LogP contribution in [0.4, 0.5) is 11.4 Å². The van der Waals surface area contributed by atoms with E-state index in [9.17, 15) is 10.1 Å². The van der Waals surface area contributed by atoms with Crippen molar-refractivity contribution in [3.8, 4) is 11.5 Å². The van der Waals surface area contributed by atoms with E-state index in [-0.39, 0.29) is 10.6 Å². The van der Waals surface area contributed by atoms with Crippen LogP contribution in [-0.2, 0) is 13.0 Å². The van der Waals surface area contributed by atoms with E-state index in [0.29, 0.717) is 25.3 Å². The van der Waals surface area contributed by atoms with E-state index in [1.54, 1.807) is 39.5 Å². The minimum atomic E-state index is -0.386. The van der Waals surface area contributed by atoms with E-state index in [0.717, 1.165) is 30.4 Å². The molecule has 0 aliphatic carbocycles. The molecule has 0 atom stereocenters. The van der Waals surface area contributed by atoms with Gasteiger partial charge in [-0.25, -0.2) is 0 Å². The van der Waals surface area contributed by atoms with Crippen molar-refractivity contribution < 1.29 is 14.4 Å². The highest BCUT2D eigenvalue weighted by atomic mass is 16.6. The molecule has 0 bridgehead atoms. The fraction of sp³-hybridized carbons (Fsp3) is 0.381. The van der Waals surface area contributed by atoms with Gasteiger partial charge in [0.25, 0.3) is 5.69 Å². The Morgan fingerprint density at radius 1 is 1.17 bits per heavy atom. The Labute approximate surface area is 175 Å². The summed E-state index contributed by atoms with van der Waals surface area (Å²) in [5.74, 6) is 2.25. The second-order valence-electron chi connectivity index (χ2n) is 6.82. The SMILES string of the molecule is CN=C(NCCNc1ccccc1[N+](=O)[O-])N1CCc2cc(OC)c(OC)cc2C1. The number of anilines is 1.